The van der Waals surface area contributed by atoms with Crippen LogP contribution in [0.15, 0.2) is 83.8 Å². The predicted octanol–water partition coefficient (Wildman–Crippen LogP) is 6.30. The molecule has 0 fully saturated rings. The van der Waals surface area contributed by atoms with Crippen molar-refractivity contribution in [2.75, 3.05) is 4.72 Å². The molecule has 0 aliphatic heterocycles. The molecular formula is C25H29NO2S2. The van der Waals surface area contributed by atoms with E-state index < -0.39 is 10.0 Å². The molecule has 30 heavy (non-hydrogen) atoms. The molecule has 3 nitrogen and oxygen atoms in total. The Labute approximate surface area is 185 Å². The highest BCUT2D eigenvalue weighted by atomic mass is 32.2. The molecule has 3 aromatic rings. The smallest absolute Gasteiger partial charge is 0.261 e. The molecule has 0 saturated heterocycles. The van der Waals surface area contributed by atoms with E-state index in [0.717, 1.165) is 18.6 Å². The second-order valence-corrected chi connectivity index (χ2v) is 11.8. The summed E-state index contributed by atoms with van der Waals surface area (Å²) in [5, 5.41) is 0. The van der Waals surface area contributed by atoms with Gasteiger partial charge in [-0.15, -0.1) is 0 Å². The largest absolute Gasteiger partial charge is 0.280 e. The molecule has 3 rings (SSSR count). The van der Waals surface area contributed by atoms with E-state index >= 15 is 0 Å². The quantitative estimate of drug-likeness (QED) is 0.448. The molecule has 0 heterocycles. The third kappa shape index (κ3) is 6.92. The van der Waals surface area contributed by atoms with Crippen LogP contribution in [0.1, 0.15) is 37.5 Å². The van der Waals surface area contributed by atoms with Crippen LogP contribution < -0.4 is 4.72 Å². The van der Waals surface area contributed by atoms with Crippen LogP contribution in [-0.4, -0.2) is 13.2 Å². The van der Waals surface area contributed by atoms with Gasteiger partial charge in [0.2, 0.25) is 0 Å². The molecule has 5 heteroatoms. The van der Waals surface area contributed by atoms with Crippen LogP contribution >= 0.6 is 11.8 Å². The van der Waals surface area contributed by atoms with E-state index in [-0.39, 0.29) is 9.64 Å². The van der Waals surface area contributed by atoms with E-state index in [1.165, 1.54) is 16.7 Å². The zero-order valence-corrected chi connectivity index (χ0v) is 19.4. The van der Waals surface area contributed by atoms with E-state index in [9.17, 15) is 8.42 Å². The molecule has 158 valence electrons. The van der Waals surface area contributed by atoms with Crippen molar-refractivity contribution < 1.29 is 8.42 Å². The minimum atomic E-state index is -3.55. The lowest BCUT2D eigenvalue weighted by atomic mass is 10.0. The maximum atomic E-state index is 12.4. The van der Waals surface area contributed by atoms with Crippen molar-refractivity contribution in [3.63, 3.8) is 0 Å². The van der Waals surface area contributed by atoms with Crippen molar-refractivity contribution in [2.24, 2.45) is 0 Å². The van der Waals surface area contributed by atoms with Crippen molar-refractivity contribution >= 4 is 27.5 Å². The lowest BCUT2D eigenvalue weighted by molar-refractivity contribution is 0.601. The lowest BCUT2D eigenvalue weighted by Crippen LogP contribution is -2.12. The molecule has 0 bridgehead atoms. The van der Waals surface area contributed by atoms with Crippen LogP contribution in [0.4, 0.5) is 5.69 Å². The SMILES string of the molecule is CC(C)(C)SCc1ccc(CCc2ccc(NS(=O)(=O)c3ccccc3)cc2)cc1. The first-order chi connectivity index (χ1) is 14.2. The van der Waals surface area contributed by atoms with Crippen molar-refractivity contribution in [3.05, 3.63) is 95.6 Å². The van der Waals surface area contributed by atoms with Crippen LogP contribution in [0.25, 0.3) is 0 Å². The van der Waals surface area contributed by atoms with Gasteiger partial charge in [-0.25, -0.2) is 8.42 Å². The minimum absolute atomic E-state index is 0.262. The molecule has 0 unspecified atom stereocenters. The van der Waals surface area contributed by atoms with Crippen LogP contribution in [0, 0.1) is 0 Å². The number of benzene rings is 3. The second-order valence-electron chi connectivity index (χ2n) is 8.33. The van der Waals surface area contributed by atoms with E-state index in [0.29, 0.717) is 5.69 Å². The molecule has 0 amide bonds. The molecule has 0 radical (unpaired) electrons. The van der Waals surface area contributed by atoms with Gasteiger partial charge in [-0.05, 0) is 53.8 Å². The van der Waals surface area contributed by atoms with E-state index in [1.54, 1.807) is 30.3 Å². The number of aryl methyl sites for hydroxylation is 2. The first kappa shape index (κ1) is 22.4. The molecule has 0 saturated carbocycles. The Kier molecular flexibility index (Phi) is 7.27. The first-order valence-corrected chi connectivity index (χ1v) is 12.6. The summed E-state index contributed by atoms with van der Waals surface area (Å²) in [4.78, 5) is 0.262. The van der Waals surface area contributed by atoms with Gasteiger partial charge >= 0.3 is 0 Å². The number of hydrogen-bond acceptors (Lipinski definition) is 3. The van der Waals surface area contributed by atoms with Gasteiger partial charge in [-0.1, -0.05) is 75.4 Å². The monoisotopic (exact) mass is 439 g/mol. The number of rotatable bonds is 8. The van der Waals surface area contributed by atoms with Gasteiger partial charge in [0.1, 0.15) is 0 Å². The number of nitrogens with one attached hydrogen (secondary N) is 1. The standard InChI is InChI=1S/C25H29NO2S2/c1-25(2,3)29-19-22-13-11-20(12-14-22)9-10-21-15-17-23(18-16-21)26-30(27,28)24-7-5-4-6-8-24/h4-8,11-18,26H,9-10,19H2,1-3H3. The highest BCUT2D eigenvalue weighted by molar-refractivity contribution is 7.99. The predicted molar refractivity (Wildman–Crippen MR) is 129 cm³/mol. The molecule has 3 aromatic carbocycles. The molecule has 0 spiro atoms. The summed E-state index contributed by atoms with van der Waals surface area (Å²) in [5.74, 6) is 1.03. The number of thioether (sulfide) groups is 1. The van der Waals surface area contributed by atoms with Gasteiger partial charge in [0, 0.05) is 16.2 Å². The Bertz CT molecular complexity index is 1040. The first-order valence-electron chi connectivity index (χ1n) is 10.1. The third-order valence-corrected chi connectivity index (χ3v) is 7.40. The number of sulfonamides is 1. The Hall–Kier alpha value is -2.24. The van der Waals surface area contributed by atoms with Gasteiger partial charge in [0.15, 0.2) is 0 Å². The van der Waals surface area contributed by atoms with Crippen molar-refractivity contribution in [2.45, 2.75) is 49.0 Å². The fourth-order valence-corrected chi connectivity index (χ4v) is 4.82. The summed E-state index contributed by atoms with van der Waals surface area (Å²) in [6.07, 6.45) is 1.88. The highest BCUT2D eigenvalue weighted by Crippen LogP contribution is 2.27. The third-order valence-electron chi connectivity index (χ3n) is 4.66. The van der Waals surface area contributed by atoms with Crippen molar-refractivity contribution in [1.82, 2.24) is 0 Å². The summed E-state index contributed by atoms with van der Waals surface area (Å²) < 4.78 is 27.7. The molecule has 0 aromatic heterocycles. The van der Waals surface area contributed by atoms with Crippen LogP contribution in [0.3, 0.4) is 0 Å². The lowest BCUT2D eigenvalue weighted by Gasteiger charge is -2.17. The average Bonchev–Trinajstić information content (AvgIpc) is 2.72. The molecule has 0 atom stereocenters. The van der Waals surface area contributed by atoms with Crippen LogP contribution in [0.5, 0.6) is 0 Å². The van der Waals surface area contributed by atoms with E-state index in [2.05, 4.69) is 49.8 Å². The summed E-state index contributed by atoms with van der Waals surface area (Å²) in [5.41, 5.74) is 4.43. The Balaban J connectivity index is 1.53. The summed E-state index contributed by atoms with van der Waals surface area (Å²) in [6, 6.07) is 24.9. The molecular weight excluding hydrogens is 410 g/mol. The Morgan fingerprint density at radius 2 is 1.23 bits per heavy atom. The summed E-state index contributed by atoms with van der Waals surface area (Å²) in [6.45, 7) is 6.72. The van der Waals surface area contributed by atoms with Crippen LogP contribution in [-0.2, 0) is 28.6 Å². The zero-order chi connectivity index (χ0) is 21.6. The second kappa shape index (κ2) is 9.71. The zero-order valence-electron chi connectivity index (χ0n) is 17.8. The topological polar surface area (TPSA) is 46.2 Å². The molecule has 0 aliphatic carbocycles. The highest BCUT2D eigenvalue weighted by Gasteiger charge is 2.13. The maximum absolute atomic E-state index is 12.4. The number of anilines is 1. The van der Waals surface area contributed by atoms with Gasteiger partial charge in [-0.3, -0.25) is 4.72 Å². The van der Waals surface area contributed by atoms with Gasteiger partial charge in [-0.2, -0.15) is 11.8 Å². The maximum Gasteiger partial charge on any atom is 0.261 e. The van der Waals surface area contributed by atoms with E-state index in [4.69, 9.17) is 0 Å². The van der Waals surface area contributed by atoms with Crippen molar-refractivity contribution in [3.8, 4) is 0 Å². The summed E-state index contributed by atoms with van der Waals surface area (Å²) >= 11 is 1.96. The molecule has 1 N–H and O–H groups in total. The fraction of sp³-hybridized carbons (Fsp3) is 0.280. The van der Waals surface area contributed by atoms with E-state index in [1.807, 2.05) is 36.0 Å². The average molecular weight is 440 g/mol. The normalized spacial score (nSPS) is 12.0. The number of hydrogen-bond donors (Lipinski definition) is 1. The fourth-order valence-electron chi connectivity index (χ4n) is 2.94. The molecule has 0 aliphatic rings. The minimum Gasteiger partial charge on any atom is -0.280 e. The van der Waals surface area contributed by atoms with Gasteiger partial charge in [0.05, 0.1) is 4.90 Å². The summed E-state index contributed by atoms with van der Waals surface area (Å²) in [7, 11) is -3.55. The Morgan fingerprint density at radius 3 is 1.77 bits per heavy atom. The van der Waals surface area contributed by atoms with Crippen molar-refractivity contribution in [1.29, 1.82) is 0 Å². The van der Waals surface area contributed by atoms with Crippen LogP contribution in [0.2, 0.25) is 0 Å². The van der Waals surface area contributed by atoms with Gasteiger partial charge in [0.25, 0.3) is 10.0 Å². The van der Waals surface area contributed by atoms with Gasteiger partial charge < -0.3 is 0 Å². The Morgan fingerprint density at radius 1 is 0.733 bits per heavy atom.